The van der Waals surface area contributed by atoms with Gasteiger partial charge in [-0.3, -0.25) is 4.57 Å². The first-order chi connectivity index (χ1) is 9.99. The van der Waals surface area contributed by atoms with Crippen molar-refractivity contribution in [3.63, 3.8) is 0 Å². The molecule has 0 atom stereocenters. The molecule has 1 aromatic rings. The van der Waals surface area contributed by atoms with E-state index in [4.69, 9.17) is 29.8 Å². The molecule has 0 N–H and O–H groups in total. The molecule has 0 amide bonds. The van der Waals surface area contributed by atoms with Crippen LogP contribution in [0.1, 0.15) is 42.6 Å². The van der Waals surface area contributed by atoms with Crippen LogP contribution in [-0.2, 0) is 30.4 Å². The van der Waals surface area contributed by atoms with Gasteiger partial charge < -0.3 is 18.2 Å². The van der Waals surface area contributed by atoms with E-state index < -0.39 is 13.6 Å². The average molecular weight is 339 g/mol. The van der Waals surface area contributed by atoms with Crippen LogP contribution >= 0.6 is 19.2 Å². The van der Waals surface area contributed by atoms with Crippen LogP contribution in [0.25, 0.3) is 0 Å². The van der Waals surface area contributed by atoms with Crippen LogP contribution < -0.4 is 0 Å². The molecule has 0 unspecified atom stereocenters. The molecule has 1 heterocycles. The first-order valence-electron chi connectivity index (χ1n) is 6.72. The first kappa shape index (κ1) is 18.2. The number of halogens is 1. The van der Waals surface area contributed by atoms with Crippen molar-refractivity contribution in [2.24, 2.45) is 0 Å². The quantitative estimate of drug-likeness (QED) is 0.385. The Hall–Kier alpha value is -0.810. The van der Waals surface area contributed by atoms with Gasteiger partial charge in [0, 0.05) is 5.56 Å². The van der Waals surface area contributed by atoms with Crippen molar-refractivity contribution in [2.75, 3.05) is 19.8 Å². The summed E-state index contributed by atoms with van der Waals surface area (Å²) in [5, 5.41) is 0. The number of hydrogen-bond donors (Lipinski definition) is 0. The Bertz CT molecular complexity index is 503. The molecule has 8 heteroatoms. The second kappa shape index (κ2) is 8.59. The minimum absolute atomic E-state index is 0.0297. The minimum atomic E-state index is -3.32. The Morgan fingerprint density at radius 1 is 1.24 bits per heavy atom. The second-order valence-corrected chi connectivity index (χ2v) is 6.34. The zero-order chi connectivity index (χ0) is 15.9. The van der Waals surface area contributed by atoms with E-state index in [0.29, 0.717) is 11.3 Å². The lowest BCUT2D eigenvalue weighted by Crippen LogP contribution is -2.02. The van der Waals surface area contributed by atoms with Gasteiger partial charge in [0.15, 0.2) is 0 Å². The number of rotatable bonds is 9. The van der Waals surface area contributed by atoms with Gasteiger partial charge in [-0.05, 0) is 26.8 Å². The van der Waals surface area contributed by atoms with Gasteiger partial charge in [0.2, 0.25) is 5.76 Å². The van der Waals surface area contributed by atoms with Gasteiger partial charge in [-0.2, -0.15) is 0 Å². The Morgan fingerprint density at radius 2 is 1.86 bits per heavy atom. The van der Waals surface area contributed by atoms with Gasteiger partial charge in [-0.1, -0.05) is 0 Å². The summed E-state index contributed by atoms with van der Waals surface area (Å²) in [5.74, 6) is -0.116. The maximum absolute atomic E-state index is 12.5. The van der Waals surface area contributed by atoms with E-state index in [1.54, 1.807) is 20.8 Å². The molecule has 0 saturated heterocycles. The van der Waals surface area contributed by atoms with Gasteiger partial charge in [0.25, 0.3) is 0 Å². The predicted octanol–water partition coefficient (Wildman–Crippen LogP) is 3.96. The van der Waals surface area contributed by atoms with Crippen molar-refractivity contribution in [1.82, 2.24) is 0 Å². The summed E-state index contributed by atoms with van der Waals surface area (Å²) in [6, 6.07) is 1.49. The molecule has 1 aromatic heterocycles. The van der Waals surface area contributed by atoms with Gasteiger partial charge in [0.1, 0.15) is 11.9 Å². The number of ether oxygens (including phenoxy) is 1. The normalized spacial score (nSPS) is 11.6. The van der Waals surface area contributed by atoms with E-state index in [2.05, 4.69) is 0 Å². The summed E-state index contributed by atoms with van der Waals surface area (Å²) in [4.78, 5) is 11.7. The van der Waals surface area contributed by atoms with Crippen molar-refractivity contribution in [3.8, 4) is 0 Å². The molecule has 0 saturated carbocycles. The van der Waals surface area contributed by atoms with Gasteiger partial charge in [0.05, 0.1) is 25.7 Å². The highest BCUT2D eigenvalue weighted by atomic mass is 35.5. The molecule has 0 bridgehead atoms. The molecular weight excluding hydrogens is 319 g/mol. The van der Waals surface area contributed by atoms with Crippen molar-refractivity contribution in [3.05, 3.63) is 23.2 Å². The first-order valence-corrected chi connectivity index (χ1v) is 8.98. The number of furan rings is 1. The molecule has 6 nitrogen and oxygen atoms in total. The monoisotopic (exact) mass is 338 g/mol. The standard InChI is InChI=1S/C13H20ClO6P/c1-4-17-13(15)11-7-10(8-14)12(20-11)9-21(16,18-5-2)19-6-3/h7H,4-6,8-9H2,1-3H3. The zero-order valence-corrected chi connectivity index (χ0v) is 14.0. The van der Waals surface area contributed by atoms with E-state index in [9.17, 15) is 9.36 Å². The third-order valence-electron chi connectivity index (χ3n) is 2.51. The topological polar surface area (TPSA) is 75.0 Å². The van der Waals surface area contributed by atoms with Crippen LogP contribution in [0.15, 0.2) is 10.5 Å². The van der Waals surface area contributed by atoms with Crippen molar-refractivity contribution in [1.29, 1.82) is 0 Å². The SMILES string of the molecule is CCOC(=O)c1cc(CCl)c(CP(=O)(OCC)OCC)o1. The Morgan fingerprint density at radius 3 is 2.33 bits per heavy atom. The smallest absolute Gasteiger partial charge is 0.374 e. The van der Waals surface area contributed by atoms with Crippen LogP contribution in [0.2, 0.25) is 0 Å². The van der Waals surface area contributed by atoms with Gasteiger partial charge in [-0.15, -0.1) is 11.6 Å². The summed E-state index contributed by atoms with van der Waals surface area (Å²) in [5.41, 5.74) is 0.569. The highest BCUT2D eigenvalue weighted by Gasteiger charge is 2.29. The molecule has 0 aromatic carbocycles. The molecule has 0 radical (unpaired) electrons. The summed E-state index contributed by atoms with van der Waals surface area (Å²) in [6.07, 6.45) is -0.0733. The number of carbonyl (C=O) groups excluding carboxylic acids is 1. The van der Waals surface area contributed by atoms with E-state index in [1.165, 1.54) is 6.07 Å². The second-order valence-electron chi connectivity index (χ2n) is 4.02. The fraction of sp³-hybridized carbons (Fsp3) is 0.615. The van der Waals surface area contributed by atoms with E-state index in [0.717, 1.165) is 0 Å². The fourth-order valence-corrected chi connectivity index (χ4v) is 3.60. The van der Waals surface area contributed by atoms with E-state index in [-0.39, 0.29) is 37.6 Å². The lowest BCUT2D eigenvalue weighted by atomic mass is 10.3. The predicted molar refractivity (Wildman–Crippen MR) is 78.8 cm³/mol. The largest absolute Gasteiger partial charge is 0.460 e. The summed E-state index contributed by atoms with van der Waals surface area (Å²) in [6.45, 7) is 5.88. The van der Waals surface area contributed by atoms with Crippen LogP contribution in [0.5, 0.6) is 0 Å². The van der Waals surface area contributed by atoms with Crippen LogP contribution in [0, 0.1) is 0 Å². The molecule has 0 aliphatic rings. The average Bonchev–Trinajstić information content (AvgIpc) is 2.82. The van der Waals surface area contributed by atoms with E-state index >= 15 is 0 Å². The maximum Gasteiger partial charge on any atom is 0.374 e. The summed E-state index contributed by atoms with van der Waals surface area (Å²) < 4.78 is 33.2. The highest BCUT2D eigenvalue weighted by molar-refractivity contribution is 7.53. The van der Waals surface area contributed by atoms with Crippen LogP contribution in [0.3, 0.4) is 0 Å². The van der Waals surface area contributed by atoms with Crippen molar-refractivity contribution in [2.45, 2.75) is 32.8 Å². The minimum Gasteiger partial charge on any atom is -0.460 e. The maximum atomic E-state index is 12.5. The van der Waals surface area contributed by atoms with E-state index in [1.807, 2.05) is 0 Å². The summed E-state index contributed by atoms with van der Waals surface area (Å²) >= 11 is 5.83. The molecule has 21 heavy (non-hydrogen) atoms. The molecule has 1 rings (SSSR count). The Labute approximate surface area is 129 Å². The number of esters is 1. The third-order valence-corrected chi connectivity index (χ3v) is 4.77. The third kappa shape index (κ3) is 5.15. The fourth-order valence-electron chi connectivity index (χ4n) is 1.71. The number of carbonyl (C=O) groups is 1. The molecule has 120 valence electrons. The van der Waals surface area contributed by atoms with Crippen molar-refractivity contribution >= 4 is 25.2 Å². The van der Waals surface area contributed by atoms with Crippen molar-refractivity contribution < 1.29 is 27.6 Å². The van der Waals surface area contributed by atoms with Crippen LogP contribution in [-0.4, -0.2) is 25.8 Å². The summed E-state index contributed by atoms with van der Waals surface area (Å²) in [7, 11) is -3.32. The molecule has 0 aliphatic carbocycles. The number of hydrogen-bond acceptors (Lipinski definition) is 6. The Kier molecular flexibility index (Phi) is 7.46. The lowest BCUT2D eigenvalue weighted by molar-refractivity contribution is 0.0488. The van der Waals surface area contributed by atoms with Gasteiger partial charge in [-0.25, -0.2) is 4.79 Å². The molecule has 0 spiro atoms. The number of alkyl halides is 1. The lowest BCUT2D eigenvalue weighted by Gasteiger charge is -2.16. The molecular formula is C13H20ClO6P. The highest BCUT2D eigenvalue weighted by Crippen LogP contribution is 2.52. The zero-order valence-electron chi connectivity index (χ0n) is 12.4. The molecule has 0 aliphatic heterocycles. The Balaban J connectivity index is 3.00. The molecule has 0 fully saturated rings. The van der Waals surface area contributed by atoms with Crippen LogP contribution in [0.4, 0.5) is 0 Å². The van der Waals surface area contributed by atoms with Gasteiger partial charge >= 0.3 is 13.6 Å².